The molecule has 2 aromatic heterocycles. The van der Waals surface area contributed by atoms with Gasteiger partial charge >= 0.3 is 5.97 Å². The molecule has 184 valence electrons. The van der Waals surface area contributed by atoms with Crippen molar-refractivity contribution in [2.45, 2.75) is 26.8 Å². The van der Waals surface area contributed by atoms with Gasteiger partial charge in [-0.2, -0.15) is 0 Å². The van der Waals surface area contributed by atoms with Crippen molar-refractivity contribution >= 4 is 61.9 Å². The largest absolute Gasteiger partial charge is 0.493 e. The molecule has 0 unspecified atom stereocenters. The Kier molecular flexibility index (Phi) is 7.86. The van der Waals surface area contributed by atoms with Gasteiger partial charge in [0.05, 0.1) is 46.6 Å². The van der Waals surface area contributed by atoms with Crippen molar-refractivity contribution in [2.24, 2.45) is 4.99 Å². The molecule has 1 aliphatic heterocycles. The highest BCUT2D eigenvalue weighted by molar-refractivity contribution is 14.1. The first-order valence-electron chi connectivity index (χ1n) is 10.7. The molecule has 0 saturated heterocycles. The number of rotatable bonds is 7. The number of esters is 1. The predicted octanol–water partition coefficient (Wildman–Crippen LogP) is 4.17. The molecule has 0 saturated carbocycles. The van der Waals surface area contributed by atoms with Crippen LogP contribution in [-0.4, -0.2) is 30.9 Å². The van der Waals surface area contributed by atoms with Crippen molar-refractivity contribution in [1.29, 1.82) is 0 Å². The SMILES string of the molecule is CCOC(=O)C1=C(C)N=c2s/c(=C/c3cc(Br)c(I)o3)c(=O)n2[C@H]1c1ccc(OC)c(OCC)c1. The van der Waals surface area contributed by atoms with Gasteiger partial charge in [0.15, 0.2) is 20.1 Å². The van der Waals surface area contributed by atoms with E-state index in [0.717, 1.165) is 4.47 Å². The van der Waals surface area contributed by atoms with E-state index in [0.29, 0.717) is 53.8 Å². The fourth-order valence-corrected chi connectivity index (χ4v) is 5.55. The molecule has 8 nitrogen and oxygen atoms in total. The number of hydrogen-bond donors (Lipinski definition) is 0. The average molecular weight is 673 g/mol. The highest BCUT2D eigenvalue weighted by Crippen LogP contribution is 2.36. The summed E-state index contributed by atoms with van der Waals surface area (Å²) in [4.78, 5) is 31.8. The molecule has 4 rings (SSSR count). The Morgan fingerprint density at radius 1 is 1.29 bits per heavy atom. The van der Waals surface area contributed by atoms with Crippen LogP contribution in [0, 0.1) is 3.77 Å². The van der Waals surface area contributed by atoms with Crippen molar-refractivity contribution in [3.05, 3.63) is 74.8 Å². The summed E-state index contributed by atoms with van der Waals surface area (Å²) in [5.41, 5.74) is 1.18. The van der Waals surface area contributed by atoms with Crippen LogP contribution in [0.2, 0.25) is 0 Å². The monoisotopic (exact) mass is 672 g/mol. The van der Waals surface area contributed by atoms with Crippen molar-refractivity contribution in [2.75, 3.05) is 20.3 Å². The number of carbonyl (C=O) groups excluding carboxylic acids is 1. The second-order valence-corrected chi connectivity index (χ2v) is 10.3. The number of carbonyl (C=O) groups is 1. The quantitative estimate of drug-likeness (QED) is 0.277. The molecule has 1 atom stereocenters. The lowest BCUT2D eigenvalue weighted by molar-refractivity contribution is -0.139. The van der Waals surface area contributed by atoms with Crippen LogP contribution in [0.4, 0.5) is 0 Å². The lowest BCUT2D eigenvalue weighted by Gasteiger charge is -2.25. The van der Waals surface area contributed by atoms with Gasteiger partial charge in [0.25, 0.3) is 5.56 Å². The second-order valence-electron chi connectivity index (χ2n) is 7.42. The lowest BCUT2D eigenvalue weighted by atomic mass is 9.95. The molecule has 1 aromatic carbocycles. The van der Waals surface area contributed by atoms with Crippen molar-refractivity contribution in [3.8, 4) is 11.5 Å². The zero-order valence-corrected chi connectivity index (χ0v) is 23.9. The highest BCUT2D eigenvalue weighted by atomic mass is 127. The standard InChI is InChI=1S/C24H22BrIN2O6S/c1-5-32-17-9-13(7-8-16(17)31-4)20-19(23(30)33-6-2)12(3)27-24-28(20)22(29)18(35-24)11-14-10-15(25)21(26)34-14/h7-11,20H,5-6H2,1-4H3/b18-11+/t20-/m0/s1. The van der Waals surface area contributed by atoms with Crippen LogP contribution < -0.4 is 24.4 Å². The number of ether oxygens (including phenoxy) is 3. The number of nitrogens with zero attached hydrogens (tertiary/aromatic N) is 2. The molecular weight excluding hydrogens is 651 g/mol. The van der Waals surface area contributed by atoms with E-state index in [9.17, 15) is 9.59 Å². The van der Waals surface area contributed by atoms with E-state index in [1.807, 2.05) is 13.0 Å². The third kappa shape index (κ3) is 4.98. The Morgan fingerprint density at radius 2 is 2.06 bits per heavy atom. The molecule has 0 amide bonds. The molecule has 0 aliphatic carbocycles. The minimum atomic E-state index is -0.749. The maximum Gasteiger partial charge on any atom is 0.338 e. The Balaban J connectivity index is 1.96. The highest BCUT2D eigenvalue weighted by Gasteiger charge is 2.34. The van der Waals surface area contributed by atoms with Gasteiger partial charge in [0.1, 0.15) is 5.76 Å². The van der Waals surface area contributed by atoms with E-state index in [2.05, 4.69) is 43.5 Å². The molecule has 0 fully saturated rings. The molecule has 3 heterocycles. The number of methoxy groups -OCH3 is 1. The summed E-state index contributed by atoms with van der Waals surface area (Å²) in [5, 5.41) is 0. The first-order chi connectivity index (χ1) is 16.8. The van der Waals surface area contributed by atoms with Crippen LogP contribution in [-0.2, 0) is 9.53 Å². The van der Waals surface area contributed by atoms with E-state index in [-0.39, 0.29) is 12.2 Å². The van der Waals surface area contributed by atoms with Gasteiger partial charge in [-0.3, -0.25) is 9.36 Å². The number of furan rings is 1. The minimum Gasteiger partial charge on any atom is -0.493 e. The van der Waals surface area contributed by atoms with Gasteiger partial charge in [-0.25, -0.2) is 9.79 Å². The van der Waals surface area contributed by atoms with Gasteiger partial charge in [-0.05, 0) is 60.5 Å². The van der Waals surface area contributed by atoms with Crippen LogP contribution in [0.5, 0.6) is 11.5 Å². The van der Waals surface area contributed by atoms with Crippen molar-refractivity contribution in [1.82, 2.24) is 4.57 Å². The normalized spacial score (nSPS) is 15.6. The van der Waals surface area contributed by atoms with Gasteiger partial charge in [0.2, 0.25) is 0 Å². The maximum absolute atomic E-state index is 13.7. The molecule has 0 bridgehead atoms. The number of aromatic nitrogens is 1. The smallest absolute Gasteiger partial charge is 0.338 e. The van der Waals surface area contributed by atoms with E-state index in [1.165, 1.54) is 15.9 Å². The Morgan fingerprint density at radius 3 is 2.69 bits per heavy atom. The first kappa shape index (κ1) is 25.7. The molecule has 11 heteroatoms. The summed E-state index contributed by atoms with van der Waals surface area (Å²) in [6.45, 7) is 5.99. The number of hydrogen-bond acceptors (Lipinski definition) is 8. The predicted molar refractivity (Wildman–Crippen MR) is 144 cm³/mol. The van der Waals surface area contributed by atoms with E-state index >= 15 is 0 Å². The summed E-state index contributed by atoms with van der Waals surface area (Å²) < 4.78 is 25.7. The zero-order chi connectivity index (χ0) is 25.3. The number of halogens is 2. The Bertz CT molecular complexity index is 1480. The van der Waals surface area contributed by atoms with Crippen LogP contribution in [0.3, 0.4) is 0 Å². The van der Waals surface area contributed by atoms with Crippen LogP contribution in [0.1, 0.15) is 38.1 Å². The van der Waals surface area contributed by atoms with Crippen LogP contribution >= 0.6 is 49.9 Å². The number of allylic oxidation sites excluding steroid dienone is 1. The summed E-state index contributed by atoms with van der Waals surface area (Å²) >= 11 is 6.72. The number of thiazole rings is 1. The first-order valence-corrected chi connectivity index (χ1v) is 13.4. The fourth-order valence-electron chi connectivity index (χ4n) is 3.80. The lowest BCUT2D eigenvalue weighted by Crippen LogP contribution is -2.39. The van der Waals surface area contributed by atoms with Crippen molar-refractivity contribution in [3.63, 3.8) is 0 Å². The van der Waals surface area contributed by atoms with Crippen molar-refractivity contribution < 1.29 is 23.4 Å². The minimum absolute atomic E-state index is 0.200. The summed E-state index contributed by atoms with van der Waals surface area (Å²) in [7, 11) is 1.56. The molecule has 0 radical (unpaired) electrons. The molecular formula is C24H22BrIN2O6S. The Hall–Kier alpha value is -2.38. The number of benzene rings is 1. The van der Waals surface area contributed by atoms with E-state index in [4.69, 9.17) is 18.6 Å². The summed E-state index contributed by atoms with van der Waals surface area (Å²) in [6.07, 6.45) is 1.68. The number of fused-ring (bicyclic) bond motifs is 1. The third-order valence-electron chi connectivity index (χ3n) is 5.26. The topological polar surface area (TPSA) is 92.3 Å². The second kappa shape index (κ2) is 10.7. The molecule has 35 heavy (non-hydrogen) atoms. The Labute approximate surface area is 227 Å². The summed E-state index contributed by atoms with van der Waals surface area (Å²) in [5.74, 6) is 1.08. The van der Waals surface area contributed by atoms with Gasteiger partial charge in [-0.1, -0.05) is 17.4 Å². The molecule has 1 aliphatic rings. The summed E-state index contributed by atoms with van der Waals surface area (Å²) in [6, 6.07) is 6.41. The third-order valence-corrected chi connectivity index (χ3v) is 8.37. The zero-order valence-electron chi connectivity index (χ0n) is 19.4. The molecule has 0 N–H and O–H groups in total. The maximum atomic E-state index is 13.7. The molecule has 3 aromatic rings. The van der Waals surface area contributed by atoms with Gasteiger partial charge in [0, 0.05) is 28.7 Å². The van der Waals surface area contributed by atoms with E-state index in [1.54, 1.807) is 45.2 Å². The fraction of sp³-hybridized carbons (Fsp3) is 0.292. The van der Waals surface area contributed by atoms with E-state index < -0.39 is 12.0 Å². The molecule has 0 spiro atoms. The average Bonchev–Trinajstić information content (AvgIpc) is 3.30. The van der Waals surface area contributed by atoms with Crippen LogP contribution in [0.25, 0.3) is 6.08 Å². The van der Waals surface area contributed by atoms with Gasteiger partial charge in [-0.15, -0.1) is 0 Å². The van der Waals surface area contributed by atoms with Crippen LogP contribution in [0.15, 0.2) is 54.2 Å². The van der Waals surface area contributed by atoms with Gasteiger partial charge < -0.3 is 18.6 Å².